The van der Waals surface area contributed by atoms with Crippen molar-refractivity contribution < 1.29 is 9.84 Å². The summed E-state index contributed by atoms with van der Waals surface area (Å²) in [6, 6.07) is 8.12. The summed E-state index contributed by atoms with van der Waals surface area (Å²) in [6.07, 6.45) is 2.89. The van der Waals surface area contributed by atoms with E-state index < -0.39 is 5.60 Å². The van der Waals surface area contributed by atoms with E-state index in [-0.39, 0.29) is 6.04 Å². The summed E-state index contributed by atoms with van der Waals surface area (Å²) in [7, 11) is 1.66. The van der Waals surface area contributed by atoms with Gasteiger partial charge in [0.05, 0.1) is 12.7 Å². The largest absolute Gasteiger partial charge is 0.497 e. The van der Waals surface area contributed by atoms with Gasteiger partial charge in [0.1, 0.15) is 5.75 Å². The van der Waals surface area contributed by atoms with Gasteiger partial charge in [-0.15, -0.1) is 0 Å². The molecule has 1 aromatic rings. The number of methoxy groups -OCH3 is 1. The highest BCUT2D eigenvalue weighted by atomic mass is 16.5. The van der Waals surface area contributed by atoms with E-state index in [0.717, 1.165) is 30.7 Å². The molecule has 0 amide bonds. The molecule has 1 fully saturated rings. The van der Waals surface area contributed by atoms with Crippen molar-refractivity contribution >= 4 is 0 Å². The van der Waals surface area contributed by atoms with Crippen molar-refractivity contribution in [3.05, 3.63) is 29.8 Å². The maximum Gasteiger partial charge on any atom is 0.118 e. The van der Waals surface area contributed by atoms with Gasteiger partial charge < -0.3 is 15.2 Å². The Hall–Kier alpha value is -1.06. The van der Waals surface area contributed by atoms with Crippen LogP contribution in [0.1, 0.15) is 25.3 Å². The molecule has 0 bridgehead atoms. The van der Waals surface area contributed by atoms with Crippen molar-refractivity contribution in [1.82, 2.24) is 5.32 Å². The number of aliphatic hydroxyl groups is 1. The van der Waals surface area contributed by atoms with Crippen LogP contribution in [-0.4, -0.2) is 30.4 Å². The Bertz CT molecular complexity index is 353. The average molecular weight is 235 g/mol. The number of ether oxygens (including phenoxy) is 1. The van der Waals surface area contributed by atoms with Crippen LogP contribution in [0.2, 0.25) is 0 Å². The molecule has 2 N–H and O–H groups in total. The molecular weight excluding hydrogens is 214 g/mol. The third kappa shape index (κ3) is 2.99. The Morgan fingerprint density at radius 3 is 2.65 bits per heavy atom. The molecule has 1 saturated heterocycles. The van der Waals surface area contributed by atoms with Crippen LogP contribution in [0.3, 0.4) is 0 Å². The molecule has 3 heteroatoms. The van der Waals surface area contributed by atoms with Gasteiger partial charge in [-0.3, -0.25) is 0 Å². The van der Waals surface area contributed by atoms with Crippen LogP contribution in [0.25, 0.3) is 0 Å². The van der Waals surface area contributed by atoms with Crippen LogP contribution in [0, 0.1) is 0 Å². The Morgan fingerprint density at radius 2 is 2.12 bits per heavy atom. The molecule has 3 nitrogen and oxygen atoms in total. The molecule has 17 heavy (non-hydrogen) atoms. The zero-order chi connectivity index (χ0) is 12.3. The lowest BCUT2D eigenvalue weighted by atomic mass is 9.88. The zero-order valence-corrected chi connectivity index (χ0v) is 10.6. The van der Waals surface area contributed by atoms with E-state index in [0.29, 0.717) is 6.42 Å². The van der Waals surface area contributed by atoms with Gasteiger partial charge in [-0.25, -0.2) is 0 Å². The van der Waals surface area contributed by atoms with Crippen LogP contribution in [0.5, 0.6) is 5.75 Å². The quantitative estimate of drug-likeness (QED) is 0.835. The van der Waals surface area contributed by atoms with E-state index in [4.69, 9.17) is 4.74 Å². The number of rotatable bonds is 4. The fraction of sp³-hybridized carbons (Fsp3) is 0.571. The predicted octanol–water partition coefficient (Wildman–Crippen LogP) is 1.74. The molecule has 1 heterocycles. The molecule has 2 atom stereocenters. The highest BCUT2D eigenvalue weighted by molar-refractivity contribution is 5.28. The molecule has 1 unspecified atom stereocenters. The number of hydrogen-bond donors (Lipinski definition) is 2. The third-order valence-corrected chi connectivity index (χ3v) is 3.53. The monoisotopic (exact) mass is 235 g/mol. The second kappa shape index (κ2) is 5.07. The van der Waals surface area contributed by atoms with Crippen LogP contribution >= 0.6 is 0 Å². The Balaban J connectivity index is 2.02. The molecule has 1 aliphatic rings. The smallest absolute Gasteiger partial charge is 0.118 e. The number of benzene rings is 1. The van der Waals surface area contributed by atoms with Gasteiger partial charge in [-0.1, -0.05) is 12.1 Å². The highest BCUT2D eigenvalue weighted by Crippen LogP contribution is 2.24. The normalized spacial score (nSPS) is 23.4. The molecule has 1 aromatic carbocycles. The summed E-state index contributed by atoms with van der Waals surface area (Å²) in [5, 5.41) is 13.9. The maximum atomic E-state index is 10.5. The van der Waals surface area contributed by atoms with E-state index in [1.54, 1.807) is 7.11 Å². The SMILES string of the molecule is COc1ccc(CC(C)(O)[C@@H]2CCCN2)cc1. The van der Waals surface area contributed by atoms with Crippen molar-refractivity contribution in [2.24, 2.45) is 0 Å². The molecule has 94 valence electrons. The first-order valence-electron chi connectivity index (χ1n) is 6.20. The van der Waals surface area contributed by atoms with Crippen LogP contribution < -0.4 is 10.1 Å². The summed E-state index contributed by atoms with van der Waals surface area (Å²) in [4.78, 5) is 0. The zero-order valence-electron chi connectivity index (χ0n) is 10.6. The van der Waals surface area contributed by atoms with E-state index in [2.05, 4.69) is 5.32 Å². The second-order valence-electron chi connectivity index (χ2n) is 5.03. The number of hydrogen-bond acceptors (Lipinski definition) is 3. The average Bonchev–Trinajstić information content (AvgIpc) is 2.84. The van der Waals surface area contributed by atoms with Crippen molar-refractivity contribution in [3.8, 4) is 5.75 Å². The van der Waals surface area contributed by atoms with E-state index in [1.165, 1.54) is 0 Å². The molecule has 0 saturated carbocycles. The lowest BCUT2D eigenvalue weighted by Gasteiger charge is -2.30. The standard InChI is InChI=1S/C14H21NO2/c1-14(16,13-4-3-9-15-13)10-11-5-7-12(17-2)8-6-11/h5-8,13,15-16H,3-4,9-10H2,1-2H3/t13-,14?/m0/s1. The number of nitrogens with one attached hydrogen (secondary N) is 1. The topological polar surface area (TPSA) is 41.5 Å². The fourth-order valence-corrected chi connectivity index (χ4v) is 2.50. The van der Waals surface area contributed by atoms with Gasteiger partial charge in [-0.2, -0.15) is 0 Å². The van der Waals surface area contributed by atoms with Crippen molar-refractivity contribution in [3.63, 3.8) is 0 Å². The van der Waals surface area contributed by atoms with E-state index >= 15 is 0 Å². The first-order chi connectivity index (χ1) is 8.12. The van der Waals surface area contributed by atoms with Crippen LogP contribution in [0.4, 0.5) is 0 Å². The summed E-state index contributed by atoms with van der Waals surface area (Å²) in [6.45, 7) is 2.93. The van der Waals surface area contributed by atoms with E-state index in [9.17, 15) is 5.11 Å². The first-order valence-corrected chi connectivity index (χ1v) is 6.20. The summed E-state index contributed by atoms with van der Waals surface area (Å²) in [5.41, 5.74) is 0.468. The van der Waals surface area contributed by atoms with Crippen molar-refractivity contribution in [2.45, 2.75) is 37.8 Å². The Kier molecular flexibility index (Phi) is 3.69. The predicted molar refractivity (Wildman–Crippen MR) is 68.3 cm³/mol. The molecule has 2 rings (SSSR count). The molecule has 0 radical (unpaired) electrons. The van der Waals surface area contributed by atoms with E-state index in [1.807, 2.05) is 31.2 Å². The van der Waals surface area contributed by atoms with Crippen molar-refractivity contribution in [2.75, 3.05) is 13.7 Å². The minimum Gasteiger partial charge on any atom is -0.497 e. The van der Waals surface area contributed by atoms with Gasteiger partial charge in [0.2, 0.25) is 0 Å². The lowest BCUT2D eigenvalue weighted by molar-refractivity contribution is 0.0262. The summed E-state index contributed by atoms with van der Waals surface area (Å²) >= 11 is 0. The summed E-state index contributed by atoms with van der Waals surface area (Å²) in [5.74, 6) is 0.854. The molecular formula is C14H21NO2. The van der Waals surface area contributed by atoms with Gasteiger partial charge >= 0.3 is 0 Å². The molecule has 0 spiro atoms. The van der Waals surface area contributed by atoms with Crippen LogP contribution in [-0.2, 0) is 6.42 Å². The highest BCUT2D eigenvalue weighted by Gasteiger charge is 2.33. The maximum absolute atomic E-state index is 10.5. The van der Waals surface area contributed by atoms with Gasteiger partial charge in [0.25, 0.3) is 0 Å². The molecule has 0 aromatic heterocycles. The third-order valence-electron chi connectivity index (χ3n) is 3.53. The summed E-state index contributed by atoms with van der Waals surface area (Å²) < 4.78 is 5.12. The van der Waals surface area contributed by atoms with Crippen LogP contribution in [0.15, 0.2) is 24.3 Å². The van der Waals surface area contributed by atoms with Gasteiger partial charge in [0, 0.05) is 12.5 Å². The second-order valence-corrected chi connectivity index (χ2v) is 5.03. The fourth-order valence-electron chi connectivity index (χ4n) is 2.50. The van der Waals surface area contributed by atoms with Gasteiger partial charge in [-0.05, 0) is 44.0 Å². The Labute approximate surface area is 103 Å². The first kappa shape index (κ1) is 12.4. The minimum absolute atomic E-state index is 0.213. The van der Waals surface area contributed by atoms with Crippen molar-refractivity contribution in [1.29, 1.82) is 0 Å². The lowest BCUT2D eigenvalue weighted by Crippen LogP contribution is -2.46. The molecule has 0 aliphatic carbocycles. The van der Waals surface area contributed by atoms with Gasteiger partial charge in [0.15, 0.2) is 0 Å². The minimum atomic E-state index is -0.676. The molecule has 1 aliphatic heterocycles. The Morgan fingerprint density at radius 1 is 1.41 bits per heavy atom.